The molecule has 6 heteroatoms. The molecule has 110 valence electrons. The highest BCUT2D eigenvalue weighted by Gasteiger charge is 2.67. The summed E-state index contributed by atoms with van der Waals surface area (Å²) in [6.07, 6.45) is 0.814. The van der Waals surface area contributed by atoms with E-state index >= 15 is 0 Å². The van der Waals surface area contributed by atoms with Gasteiger partial charge in [-0.05, 0) is 24.5 Å². The molecule has 1 amide bonds. The van der Waals surface area contributed by atoms with E-state index in [0.29, 0.717) is 10.7 Å². The first kappa shape index (κ1) is 13.6. The molecular weight excluding hydrogens is 358 g/mol. The van der Waals surface area contributed by atoms with E-state index < -0.39 is 0 Å². The number of para-hydroxylation sites is 1. The summed E-state index contributed by atoms with van der Waals surface area (Å²) in [6, 6.07) is 7.11. The molecule has 1 aliphatic heterocycles. The first-order valence-electron chi connectivity index (χ1n) is 6.98. The van der Waals surface area contributed by atoms with Crippen molar-refractivity contribution in [1.29, 1.82) is 0 Å². The molecule has 0 aromatic heterocycles. The first-order valence-corrected chi connectivity index (χ1v) is 8.27. The predicted octanol–water partition coefficient (Wildman–Crippen LogP) is 2.85. The Kier molecular flexibility index (Phi) is 3.05. The average Bonchev–Trinajstić information content (AvgIpc) is 3.05. The van der Waals surface area contributed by atoms with E-state index in [2.05, 4.69) is 21.2 Å². The summed E-state index contributed by atoms with van der Waals surface area (Å²) >= 11 is 9.68. The zero-order valence-corrected chi connectivity index (χ0v) is 13.3. The van der Waals surface area contributed by atoms with Gasteiger partial charge in [-0.3, -0.25) is 9.59 Å². The van der Waals surface area contributed by atoms with Crippen LogP contribution in [0.3, 0.4) is 0 Å². The molecule has 1 heterocycles. The van der Waals surface area contributed by atoms with Crippen LogP contribution in [0.25, 0.3) is 0 Å². The smallest absolute Gasteiger partial charge is 0.310 e. The van der Waals surface area contributed by atoms with Crippen LogP contribution in [0.5, 0.6) is 0 Å². The molecule has 1 N–H and O–H groups in total. The lowest BCUT2D eigenvalue weighted by atomic mass is 9.79. The molecule has 2 saturated carbocycles. The number of esters is 1. The Morgan fingerprint density at radius 3 is 2.86 bits per heavy atom. The molecule has 1 saturated heterocycles. The quantitative estimate of drug-likeness (QED) is 0.643. The summed E-state index contributed by atoms with van der Waals surface area (Å²) in [5.41, 5.74) is 0.584. The van der Waals surface area contributed by atoms with Crippen LogP contribution in [0.4, 0.5) is 5.69 Å². The first-order chi connectivity index (χ1) is 10.1. The number of alkyl halides is 1. The third-order valence-electron chi connectivity index (χ3n) is 4.96. The molecule has 3 fully saturated rings. The van der Waals surface area contributed by atoms with E-state index in [1.165, 1.54) is 0 Å². The SMILES string of the molecule is O=C(Nc1ccccc1Cl)[C@@H]1[C@H]2C[C@H]3[C@H](OC(=O)[C@@H]31)[C@@H]2Br. The number of rotatable bonds is 2. The Bertz CT molecular complexity index is 637. The van der Waals surface area contributed by atoms with Crippen molar-refractivity contribution in [3.05, 3.63) is 29.3 Å². The molecule has 4 nitrogen and oxygen atoms in total. The molecule has 21 heavy (non-hydrogen) atoms. The number of amides is 1. The van der Waals surface area contributed by atoms with Crippen LogP contribution in [-0.4, -0.2) is 22.8 Å². The van der Waals surface area contributed by atoms with Crippen LogP contribution in [0.2, 0.25) is 5.02 Å². The second-order valence-electron chi connectivity index (χ2n) is 5.93. The standard InChI is InChI=1S/C15H13BrClNO3/c16-12-6-5-7-11(15(20)21-13(7)12)10(6)14(19)18-9-4-2-1-3-8(9)17/h1-4,6-7,10-13H,5H2,(H,18,19)/t6-,7-,10-,11+,12-,13+/m1/s1. The lowest BCUT2D eigenvalue weighted by Gasteiger charge is -2.27. The lowest BCUT2D eigenvalue weighted by molar-refractivity contribution is -0.145. The normalized spacial score (nSPS) is 39.4. The van der Waals surface area contributed by atoms with Gasteiger partial charge in [0.2, 0.25) is 5.91 Å². The summed E-state index contributed by atoms with van der Waals surface area (Å²) in [7, 11) is 0. The maximum absolute atomic E-state index is 12.6. The van der Waals surface area contributed by atoms with Crippen molar-refractivity contribution in [2.75, 3.05) is 5.32 Å². The average molecular weight is 371 g/mol. The van der Waals surface area contributed by atoms with E-state index in [1.807, 2.05) is 12.1 Å². The van der Waals surface area contributed by atoms with Gasteiger partial charge >= 0.3 is 5.97 Å². The van der Waals surface area contributed by atoms with Crippen LogP contribution in [0.15, 0.2) is 24.3 Å². The lowest BCUT2D eigenvalue weighted by Crippen LogP contribution is -2.40. The molecule has 2 aliphatic carbocycles. The van der Waals surface area contributed by atoms with Crippen molar-refractivity contribution in [3.8, 4) is 0 Å². The molecule has 2 bridgehead atoms. The number of ether oxygens (including phenoxy) is 1. The summed E-state index contributed by atoms with van der Waals surface area (Å²) < 4.78 is 5.41. The van der Waals surface area contributed by atoms with Gasteiger partial charge in [0.1, 0.15) is 6.10 Å². The van der Waals surface area contributed by atoms with Crippen molar-refractivity contribution >= 4 is 45.1 Å². The van der Waals surface area contributed by atoms with Crippen molar-refractivity contribution < 1.29 is 14.3 Å². The monoisotopic (exact) mass is 369 g/mol. The third-order valence-corrected chi connectivity index (χ3v) is 6.49. The molecule has 6 atom stereocenters. The highest BCUT2D eigenvalue weighted by molar-refractivity contribution is 9.09. The fraction of sp³-hybridized carbons (Fsp3) is 0.467. The summed E-state index contributed by atoms with van der Waals surface area (Å²) in [5, 5.41) is 3.36. The maximum atomic E-state index is 12.6. The van der Waals surface area contributed by atoms with Crippen LogP contribution in [-0.2, 0) is 14.3 Å². The maximum Gasteiger partial charge on any atom is 0.310 e. The molecule has 4 rings (SSSR count). The van der Waals surface area contributed by atoms with Gasteiger partial charge in [-0.2, -0.15) is 0 Å². The van der Waals surface area contributed by atoms with Crippen molar-refractivity contribution in [2.24, 2.45) is 23.7 Å². The number of hydrogen-bond donors (Lipinski definition) is 1. The van der Waals surface area contributed by atoms with Crippen molar-refractivity contribution in [2.45, 2.75) is 17.4 Å². The minimum atomic E-state index is -0.332. The minimum absolute atomic E-state index is 0.0585. The van der Waals surface area contributed by atoms with Gasteiger partial charge < -0.3 is 10.1 Å². The highest BCUT2D eigenvalue weighted by Crippen LogP contribution is 2.60. The number of benzene rings is 1. The number of hydrogen-bond acceptors (Lipinski definition) is 3. The topological polar surface area (TPSA) is 55.4 Å². The number of carbonyl (C=O) groups excluding carboxylic acids is 2. The molecular formula is C15H13BrClNO3. The fourth-order valence-electron chi connectivity index (χ4n) is 4.11. The Morgan fingerprint density at radius 2 is 2.10 bits per heavy atom. The Balaban J connectivity index is 1.61. The minimum Gasteiger partial charge on any atom is -0.461 e. The largest absolute Gasteiger partial charge is 0.461 e. The van der Waals surface area contributed by atoms with E-state index in [-0.39, 0.29) is 46.5 Å². The number of anilines is 1. The van der Waals surface area contributed by atoms with Gasteiger partial charge in [0.15, 0.2) is 0 Å². The van der Waals surface area contributed by atoms with Crippen LogP contribution in [0, 0.1) is 23.7 Å². The van der Waals surface area contributed by atoms with Crippen molar-refractivity contribution in [3.63, 3.8) is 0 Å². The van der Waals surface area contributed by atoms with Gasteiger partial charge in [0.05, 0.1) is 27.4 Å². The van der Waals surface area contributed by atoms with Crippen molar-refractivity contribution in [1.82, 2.24) is 0 Å². The second kappa shape index (κ2) is 4.71. The summed E-state index contributed by atoms with van der Waals surface area (Å²) in [6.45, 7) is 0. The fourth-order valence-corrected chi connectivity index (χ4v) is 5.34. The van der Waals surface area contributed by atoms with Gasteiger partial charge in [-0.1, -0.05) is 39.7 Å². The molecule has 0 radical (unpaired) electrons. The van der Waals surface area contributed by atoms with Gasteiger partial charge in [-0.25, -0.2) is 0 Å². The molecule has 1 aromatic rings. The number of carbonyl (C=O) groups is 2. The molecule has 1 aromatic carbocycles. The Morgan fingerprint density at radius 1 is 1.33 bits per heavy atom. The molecule has 0 unspecified atom stereocenters. The number of fused-ring (bicyclic) bond motifs is 1. The summed E-state index contributed by atoms with van der Waals surface area (Å²) in [5.74, 6) is -0.665. The van der Waals surface area contributed by atoms with Crippen LogP contribution < -0.4 is 5.32 Å². The molecule has 3 aliphatic rings. The van der Waals surface area contributed by atoms with Gasteiger partial charge in [-0.15, -0.1) is 0 Å². The van der Waals surface area contributed by atoms with E-state index in [4.69, 9.17) is 16.3 Å². The Labute approximate surface area is 135 Å². The van der Waals surface area contributed by atoms with Crippen LogP contribution >= 0.6 is 27.5 Å². The second-order valence-corrected chi connectivity index (χ2v) is 7.39. The molecule has 0 spiro atoms. The van der Waals surface area contributed by atoms with Gasteiger partial charge in [0.25, 0.3) is 0 Å². The predicted molar refractivity (Wildman–Crippen MR) is 81.3 cm³/mol. The van der Waals surface area contributed by atoms with Gasteiger partial charge in [0, 0.05) is 5.92 Å². The van der Waals surface area contributed by atoms with E-state index in [1.54, 1.807) is 12.1 Å². The van der Waals surface area contributed by atoms with E-state index in [0.717, 1.165) is 6.42 Å². The Hall–Kier alpha value is -1.07. The zero-order chi connectivity index (χ0) is 14.7. The van der Waals surface area contributed by atoms with E-state index in [9.17, 15) is 9.59 Å². The number of nitrogens with one attached hydrogen (secondary N) is 1. The zero-order valence-electron chi connectivity index (χ0n) is 11.0. The third kappa shape index (κ3) is 1.87. The number of halogens is 2. The summed E-state index contributed by atoms with van der Waals surface area (Å²) in [4.78, 5) is 24.7. The highest BCUT2D eigenvalue weighted by atomic mass is 79.9. The van der Waals surface area contributed by atoms with Crippen LogP contribution in [0.1, 0.15) is 6.42 Å².